The van der Waals surface area contributed by atoms with Gasteiger partial charge in [0, 0.05) is 18.7 Å². The van der Waals surface area contributed by atoms with Crippen molar-refractivity contribution in [3.05, 3.63) is 29.3 Å². The molecular weight excluding hydrogens is 169 g/mol. The number of alkyl halides is 1. The Bertz CT molecular complexity index is 301. The average Bonchev–Trinajstić information content (AvgIpc) is 2.41. The molecule has 0 aromatic heterocycles. The number of hydrogen-bond acceptors (Lipinski definition) is 2. The van der Waals surface area contributed by atoms with E-state index in [2.05, 4.69) is 5.32 Å². The summed E-state index contributed by atoms with van der Waals surface area (Å²) in [5.74, 6) is 0.820. The summed E-state index contributed by atoms with van der Waals surface area (Å²) in [6.07, 6.45) is 0. The molecule has 0 saturated heterocycles. The number of rotatable bonds is 1. The Morgan fingerprint density at radius 1 is 1.46 bits per heavy atom. The Balaban J connectivity index is 2.40. The van der Waals surface area contributed by atoms with E-state index in [0.717, 1.165) is 23.4 Å². The predicted molar refractivity (Wildman–Crippen MR) is 48.5 cm³/mol. The number of nitrogens with one attached hydrogen (secondary N) is 1. The van der Waals surface area contributed by atoms with Gasteiger partial charge in [-0.1, -0.05) is 12.1 Å². The second-order valence-corrected chi connectivity index (χ2v) is 3.05. The first kappa shape index (κ1) is 8.51. The molecule has 70 valence electrons. The molecule has 0 bridgehead atoms. The highest BCUT2D eigenvalue weighted by Gasteiger charge is 2.11. The summed E-state index contributed by atoms with van der Waals surface area (Å²) < 4.78 is 18.0. The van der Waals surface area contributed by atoms with Crippen LogP contribution in [0.1, 0.15) is 11.1 Å². The minimum Gasteiger partial charge on any atom is -0.492 e. The van der Waals surface area contributed by atoms with Crippen LogP contribution in [0.3, 0.4) is 0 Å². The Kier molecular flexibility index (Phi) is 2.45. The number of fused-ring (bicyclic) bond motifs is 1. The third-order valence-corrected chi connectivity index (χ3v) is 2.21. The molecule has 0 unspecified atom stereocenters. The highest BCUT2D eigenvalue weighted by atomic mass is 19.1. The van der Waals surface area contributed by atoms with Crippen LogP contribution in [0.2, 0.25) is 0 Å². The molecule has 1 heterocycles. The van der Waals surface area contributed by atoms with Crippen molar-refractivity contribution in [1.29, 1.82) is 0 Å². The zero-order chi connectivity index (χ0) is 9.10. The van der Waals surface area contributed by atoms with Gasteiger partial charge < -0.3 is 10.1 Å². The van der Waals surface area contributed by atoms with Crippen LogP contribution >= 0.6 is 0 Å². The van der Waals surface area contributed by atoms with Crippen molar-refractivity contribution in [2.75, 3.05) is 13.2 Å². The van der Waals surface area contributed by atoms with E-state index in [9.17, 15) is 4.39 Å². The van der Waals surface area contributed by atoms with E-state index in [0.29, 0.717) is 13.2 Å². The van der Waals surface area contributed by atoms with Crippen LogP contribution in [-0.4, -0.2) is 13.2 Å². The van der Waals surface area contributed by atoms with E-state index in [1.54, 1.807) is 6.07 Å². The maximum absolute atomic E-state index is 12.6. The zero-order valence-corrected chi connectivity index (χ0v) is 7.35. The SMILES string of the molecule is FCc1cccc2c1CNCCO2. The van der Waals surface area contributed by atoms with Crippen LogP contribution < -0.4 is 10.1 Å². The van der Waals surface area contributed by atoms with E-state index in [1.807, 2.05) is 12.1 Å². The third kappa shape index (κ3) is 1.65. The van der Waals surface area contributed by atoms with Crippen LogP contribution in [0.4, 0.5) is 4.39 Å². The van der Waals surface area contributed by atoms with Crippen LogP contribution in [-0.2, 0) is 13.2 Å². The molecule has 1 aliphatic rings. The number of benzene rings is 1. The molecule has 3 heteroatoms. The van der Waals surface area contributed by atoms with Crippen molar-refractivity contribution >= 4 is 0 Å². The van der Waals surface area contributed by atoms with Gasteiger partial charge in [0.15, 0.2) is 0 Å². The van der Waals surface area contributed by atoms with Crippen molar-refractivity contribution < 1.29 is 9.13 Å². The minimum absolute atomic E-state index is 0.422. The van der Waals surface area contributed by atoms with E-state index in [1.165, 1.54) is 0 Å². The fourth-order valence-electron chi connectivity index (χ4n) is 1.52. The molecule has 1 aromatic carbocycles. The van der Waals surface area contributed by atoms with Gasteiger partial charge in [-0.15, -0.1) is 0 Å². The number of halogens is 1. The Morgan fingerprint density at radius 2 is 2.38 bits per heavy atom. The van der Waals surface area contributed by atoms with Crippen molar-refractivity contribution in [2.45, 2.75) is 13.2 Å². The normalized spacial score (nSPS) is 15.8. The summed E-state index contributed by atoms with van der Waals surface area (Å²) in [7, 11) is 0. The fraction of sp³-hybridized carbons (Fsp3) is 0.400. The van der Waals surface area contributed by atoms with E-state index in [4.69, 9.17) is 4.74 Å². The standard InChI is InChI=1S/C10H12FNO/c11-6-8-2-1-3-10-9(8)7-12-4-5-13-10/h1-3,12H,4-7H2. The van der Waals surface area contributed by atoms with Crippen LogP contribution in [0.25, 0.3) is 0 Å². The van der Waals surface area contributed by atoms with Gasteiger partial charge in [-0.2, -0.15) is 0 Å². The molecule has 2 rings (SSSR count). The van der Waals surface area contributed by atoms with Crippen LogP contribution in [0.5, 0.6) is 5.75 Å². The van der Waals surface area contributed by atoms with Crippen molar-refractivity contribution in [3.8, 4) is 5.75 Å². The molecule has 0 saturated carbocycles. The zero-order valence-electron chi connectivity index (χ0n) is 7.35. The highest BCUT2D eigenvalue weighted by molar-refractivity contribution is 5.40. The summed E-state index contributed by atoms with van der Waals surface area (Å²) >= 11 is 0. The largest absolute Gasteiger partial charge is 0.492 e. The maximum Gasteiger partial charge on any atom is 0.124 e. The molecular formula is C10H12FNO. The highest BCUT2D eigenvalue weighted by Crippen LogP contribution is 2.24. The second-order valence-electron chi connectivity index (χ2n) is 3.05. The second kappa shape index (κ2) is 3.75. The van der Waals surface area contributed by atoms with Gasteiger partial charge in [0.2, 0.25) is 0 Å². The van der Waals surface area contributed by atoms with Gasteiger partial charge in [0.25, 0.3) is 0 Å². The molecule has 0 spiro atoms. The number of ether oxygens (including phenoxy) is 1. The Morgan fingerprint density at radius 3 is 3.23 bits per heavy atom. The average molecular weight is 181 g/mol. The van der Waals surface area contributed by atoms with Gasteiger partial charge in [-0.3, -0.25) is 0 Å². The lowest BCUT2D eigenvalue weighted by molar-refractivity contribution is 0.325. The number of hydrogen-bond donors (Lipinski definition) is 1. The smallest absolute Gasteiger partial charge is 0.124 e. The van der Waals surface area contributed by atoms with E-state index in [-0.39, 0.29) is 0 Å². The molecule has 0 fully saturated rings. The first-order valence-electron chi connectivity index (χ1n) is 4.42. The lowest BCUT2D eigenvalue weighted by atomic mass is 10.1. The van der Waals surface area contributed by atoms with E-state index >= 15 is 0 Å². The van der Waals surface area contributed by atoms with E-state index < -0.39 is 6.67 Å². The van der Waals surface area contributed by atoms with Crippen molar-refractivity contribution in [3.63, 3.8) is 0 Å². The van der Waals surface area contributed by atoms with Gasteiger partial charge >= 0.3 is 0 Å². The third-order valence-electron chi connectivity index (χ3n) is 2.21. The van der Waals surface area contributed by atoms with Gasteiger partial charge in [0.1, 0.15) is 19.0 Å². The van der Waals surface area contributed by atoms with Crippen LogP contribution in [0.15, 0.2) is 18.2 Å². The fourth-order valence-corrected chi connectivity index (χ4v) is 1.52. The molecule has 1 aromatic rings. The molecule has 13 heavy (non-hydrogen) atoms. The molecule has 0 atom stereocenters. The van der Waals surface area contributed by atoms with Crippen LogP contribution in [0, 0.1) is 0 Å². The van der Waals surface area contributed by atoms with Gasteiger partial charge in [-0.25, -0.2) is 4.39 Å². The molecule has 1 N–H and O–H groups in total. The topological polar surface area (TPSA) is 21.3 Å². The lowest BCUT2D eigenvalue weighted by Gasteiger charge is -2.08. The summed E-state index contributed by atoms with van der Waals surface area (Å²) in [6.45, 7) is 1.76. The predicted octanol–water partition coefficient (Wildman–Crippen LogP) is 1.64. The monoisotopic (exact) mass is 181 g/mol. The summed E-state index contributed by atoms with van der Waals surface area (Å²) in [5.41, 5.74) is 1.69. The molecule has 1 aliphatic heterocycles. The summed E-state index contributed by atoms with van der Waals surface area (Å²) in [4.78, 5) is 0. The first-order chi connectivity index (χ1) is 6.42. The molecule has 0 aliphatic carbocycles. The van der Waals surface area contributed by atoms with Crippen molar-refractivity contribution in [1.82, 2.24) is 5.32 Å². The summed E-state index contributed by atoms with van der Waals surface area (Å²) in [6, 6.07) is 5.52. The minimum atomic E-state index is -0.422. The summed E-state index contributed by atoms with van der Waals surface area (Å²) in [5, 5.41) is 3.19. The maximum atomic E-state index is 12.6. The first-order valence-corrected chi connectivity index (χ1v) is 4.42. The van der Waals surface area contributed by atoms with Gasteiger partial charge in [0.05, 0.1) is 0 Å². The Hall–Kier alpha value is -1.09. The molecule has 2 nitrogen and oxygen atoms in total. The molecule has 0 amide bonds. The lowest BCUT2D eigenvalue weighted by Crippen LogP contribution is -2.16. The van der Waals surface area contributed by atoms with Gasteiger partial charge in [-0.05, 0) is 11.6 Å². The Labute approximate surface area is 76.7 Å². The quantitative estimate of drug-likeness (QED) is 0.711. The van der Waals surface area contributed by atoms with Crippen molar-refractivity contribution in [2.24, 2.45) is 0 Å². The molecule has 0 radical (unpaired) electrons.